The van der Waals surface area contributed by atoms with Gasteiger partial charge in [0.15, 0.2) is 0 Å². The van der Waals surface area contributed by atoms with Crippen LogP contribution in [0, 0.1) is 0 Å². The number of hydrogen-bond acceptors (Lipinski definition) is 1. The Labute approximate surface area is 341 Å². The molecule has 1 nitrogen and oxygen atoms in total. The van der Waals surface area contributed by atoms with Gasteiger partial charge < -0.3 is 4.90 Å². The van der Waals surface area contributed by atoms with Crippen molar-refractivity contribution in [3.8, 4) is 22.3 Å². The van der Waals surface area contributed by atoms with E-state index in [0.717, 1.165) is 43.5 Å². The molecule has 0 bridgehead atoms. The van der Waals surface area contributed by atoms with Crippen LogP contribution in [0.15, 0.2) is 212 Å². The van der Waals surface area contributed by atoms with E-state index in [-0.39, 0.29) is 0 Å². The van der Waals surface area contributed by atoms with E-state index in [1.807, 2.05) is 0 Å². The van der Waals surface area contributed by atoms with Crippen molar-refractivity contribution in [1.82, 2.24) is 0 Å². The van der Waals surface area contributed by atoms with E-state index in [1.54, 1.807) is 0 Å². The SMILES string of the molecule is C1=CCC=C(c2cc3c(c4ccccc24)CC2=C3C=C(c3ccc(N(C4=CCC=CC=C4)c4ccc(-c5cccc6c5Cc5ccccc5-6)cc4)cc3)CC=C2)C=C1. The van der Waals surface area contributed by atoms with Gasteiger partial charge in [-0.3, -0.25) is 0 Å². The highest BCUT2D eigenvalue weighted by Gasteiger charge is 2.26. The van der Waals surface area contributed by atoms with Gasteiger partial charge in [-0.1, -0.05) is 158 Å². The maximum Gasteiger partial charge on any atom is 0.0461 e. The lowest BCUT2D eigenvalue weighted by Gasteiger charge is -2.27. The van der Waals surface area contributed by atoms with Crippen LogP contribution < -0.4 is 4.90 Å². The number of hydrogen-bond donors (Lipinski definition) is 0. The van der Waals surface area contributed by atoms with E-state index >= 15 is 0 Å². The van der Waals surface area contributed by atoms with Crippen molar-refractivity contribution >= 4 is 38.9 Å². The normalized spacial score (nSPS) is 16.2. The van der Waals surface area contributed by atoms with Crippen molar-refractivity contribution < 1.29 is 0 Å². The van der Waals surface area contributed by atoms with Crippen molar-refractivity contribution in [2.75, 3.05) is 4.90 Å². The Morgan fingerprint density at radius 3 is 2.02 bits per heavy atom. The fraction of sp³-hybridized carbons (Fsp3) is 0.0877. The Bertz CT molecular complexity index is 2930. The van der Waals surface area contributed by atoms with Gasteiger partial charge in [0.2, 0.25) is 0 Å². The van der Waals surface area contributed by atoms with E-state index in [0.29, 0.717) is 0 Å². The summed E-state index contributed by atoms with van der Waals surface area (Å²) >= 11 is 0. The van der Waals surface area contributed by atoms with Gasteiger partial charge in [-0.05, 0) is 163 Å². The van der Waals surface area contributed by atoms with E-state index < -0.39 is 0 Å². The zero-order chi connectivity index (χ0) is 38.4. The highest BCUT2D eigenvalue weighted by molar-refractivity contribution is 6.05. The Hall–Kier alpha value is -6.96. The molecule has 276 valence electrons. The molecule has 0 aromatic heterocycles. The minimum Gasteiger partial charge on any atom is -0.311 e. The molecule has 0 heterocycles. The first-order chi connectivity index (χ1) is 28.8. The molecule has 0 aliphatic heterocycles. The summed E-state index contributed by atoms with van der Waals surface area (Å²) in [7, 11) is 0. The van der Waals surface area contributed by atoms with Crippen molar-refractivity contribution in [2.24, 2.45) is 0 Å². The molecule has 0 unspecified atom stereocenters. The van der Waals surface area contributed by atoms with Gasteiger partial charge in [0.1, 0.15) is 0 Å². The van der Waals surface area contributed by atoms with Gasteiger partial charge in [-0.2, -0.15) is 0 Å². The van der Waals surface area contributed by atoms with E-state index in [9.17, 15) is 0 Å². The largest absolute Gasteiger partial charge is 0.311 e. The molecule has 0 saturated heterocycles. The molecule has 58 heavy (non-hydrogen) atoms. The van der Waals surface area contributed by atoms with Crippen LogP contribution in [0.25, 0.3) is 49.7 Å². The molecule has 5 aliphatic carbocycles. The number of benzene rings is 6. The van der Waals surface area contributed by atoms with Crippen LogP contribution in [-0.2, 0) is 12.8 Å². The highest BCUT2D eigenvalue weighted by atomic mass is 15.1. The van der Waals surface area contributed by atoms with Crippen molar-refractivity contribution in [3.63, 3.8) is 0 Å². The molecule has 0 amide bonds. The first kappa shape index (κ1) is 34.3. The van der Waals surface area contributed by atoms with Gasteiger partial charge >= 0.3 is 0 Å². The molecule has 6 aromatic carbocycles. The third-order valence-electron chi connectivity index (χ3n) is 12.5. The molecule has 11 rings (SSSR count). The zero-order valence-electron chi connectivity index (χ0n) is 32.5. The Balaban J connectivity index is 0.935. The van der Waals surface area contributed by atoms with Gasteiger partial charge in [0, 0.05) is 17.1 Å². The summed E-state index contributed by atoms with van der Waals surface area (Å²) in [5.74, 6) is 0. The monoisotopic (exact) mass is 741 g/mol. The zero-order valence-corrected chi connectivity index (χ0v) is 32.5. The molecule has 0 fully saturated rings. The molecule has 0 radical (unpaired) electrons. The number of fused-ring (bicyclic) bond motifs is 7. The number of rotatable bonds is 6. The lowest BCUT2D eigenvalue weighted by molar-refractivity contribution is 1.18. The van der Waals surface area contributed by atoms with Crippen LogP contribution in [0.3, 0.4) is 0 Å². The smallest absolute Gasteiger partial charge is 0.0461 e. The summed E-state index contributed by atoms with van der Waals surface area (Å²) in [4.78, 5) is 2.40. The summed E-state index contributed by atoms with van der Waals surface area (Å²) in [6, 6.07) is 45.5. The minimum atomic E-state index is 0.894. The molecule has 1 heteroatoms. The second-order valence-electron chi connectivity index (χ2n) is 15.8. The minimum absolute atomic E-state index is 0.894. The number of anilines is 2. The maximum atomic E-state index is 2.48. The summed E-state index contributed by atoms with van der Waals surface area (Å²) in [5, 5.41) is 2.70. The third kappa shape index (κ3) is 6.03. The lowest BCUT2D eigenvalue weighted by atomic mass is 9.89. The molecule has 5 aliphatic rings. The molecule has 0 spiro atoms. The predicted molar refractivity (Wildman–Crippen MR) is 247 cm³/mol. The summed E-state index contributed by atoms with van der Waals surface area (Å²) in [6.45, 7) is 0. The average Bonchev–Trinajstić information content (AvgIpc) is 3.46. The average molecular weight is 742 g/mol. The molecule has 0 saturated carbocycles. The fourth-order valence-corrected chi connectivity index (χ4v) is 9.65. The Morgan fingerprint density at radius 2 is 1.17 bits per heavy atom. The second-order valence-corrected chi connectivity index (χ2v) is 15.8. The third-order valence-corrected chi connectivity index (χ3v) is 12.5. The molecular weight excluding hydrogens is 699 g/mol. The van der Waals surface area contributed by atoms with Gasteiger partial charge in [0.05, 0.1) is 0 Å². The van der Waals surface area contributed by atoms with E-state index in [1.165, 1.54) is 94.4 Å². The summed E-state index contributed by atoms with van der Waals surface area (Å²) in [5.41, 5.74) is 22.4. The van der Waals surface area contributed by atoms with Crippen molar-refractivity contribution in [2.45, 2.75) is 32.1 Å². The Morgan fingerprint density at radius 1 is 0.466 bits per heavy atom. The quantitative estimate of drug-likeness (QED) is 0.164. The first-order valence-electron chi connectivity index (χ1n) is 20.7. The summed E-state index contributed by atoms with van der Waals surface area (Å²) in [6.07, 6.45) is 34.1. The molecular formula is C57H43N. The van der Waals surface area contributed by atoms with Crippen molar-refractivity contribution in [3.05, 3.63) is 245 Å². The van der Waals surface area contributed by atoms with Crippen LogP contribution >= 0.6 is 0 Å². The summed E-state index contributed by atoms with van der Waals surface area (Å²) < 4.78 is 0. The number of nitrogens with zero attached hydrogens (tertiary/aromatic N) is 1. The van der Waals surface area contributed by atoms with E-state index in [2.05, 4.69) is 205 Å². The van der Waals surface area contributed by atoms with Crippen LogP contribution in [0.2, 0.25) is 0 Å². The fourth-order valence-electron chi connectivity index (χ4n) is 9.65. The highest BCUT2D eigenvalue weighted by Crippen LogP contribution is 2.46. The Kier molecular flexibility index (Phi) is 8.59. The number of allylic oxidation sites excluding steroid dienone is 17. The lowest BCUT2D eigenvalue weighted by Crippen LogP contribution is -2.15. The topological polar surface area (TPSA) is 3.24 Å². The standard InChI is InChI=1S/C57H43N/c1-2-6-16-40(15-5-1)54-38-57-53-35-42(18-13-19-44(53)37-56(57)52-24-12-11-23-51(52)54)39-27-31-46(32-28-39)58(45-20-7-3-4-8-21-45)47-33-29-41(30-34-47)48-25-14-26-50-49-22-10-9-17-43(49)36-55(48)50/h1-5,7,9-17,19-35,38H,6,8,18,36-37H2. The van der Waals surface area contributed by atoms with E-state index in [4.69, 9.17) is 0 Å². The van der Waals surface area contributed by atoms with Gasteiger partial charge in [-0.25, -0.2) is 0 Å². The first-order valence-corrected chi connectivity index (χ1v) is 20.7. The molecule has 0 atom stereocenters. The predicted octanol–water partition coefficient (Wildman–Crippen LogP) is 14.9. The van der Waals surface area contributed by atoms with Crippen LogP contribution in [0.4, 0.5) is 11.4 Å². The van der Waals surface area contributed by atoms with Crippen molar-refractivity contribution in [1.29, 1.82) is 0 Å². The maximum absolute atomic E-state index is 2.48. The van der Waals surface area contributed by atoms with Crippen LogP contribution in [-0.4, -0.2) is 0 Å². The van der Waals surface area contributed by atoms with Gasteiger partial charge in [0.25, 0.3) is 0 Å². The van der Waals surface area contributed by atoms with Crippen LogP contribution in [0.5, 0.6) is 0 Å². The van der Waals surface area contributed by atoms with Crippen LogP contribution in [0.1, 0.15) is 52.6 Å². The molecule has 6 aromatic rings. The molecule has 0 N–H and O–H groups in total. The van der Waals surface area contributed by atoms with Gasteiger partial charge in [-0.15, -0.1) is 0 Å². The second kappa shape index (κ2) is 14.5.